The van der Waals surface area contributed by atoms with Gasteiger partial charge in [-0.15, -0.1) is 0 Å². The van der Waals surface area contributed by atoms with E-state index >= 15 is 0 Å². The highest BCUT2D eigenvalue weighted by molar-refractivity contribution is 5.84. The van der Waals surface area contributed by atoms with Crippen LogP contribution in [-0.2, 0) is 6.61 Å². The Balaban J connectivity index is 2.01. The molecule has 0 unspecified atom stereocenters. The lowest BCUT2D eigenvalue weighted by atomic mass is 10.2. The Morgan fingerprint density at radius 2 is 1.89 bits per heavy atom. The van der Waals surface area contributed by atoms with Crippen LogP contribution in [0.3, 0.4) is 0 Å². The second-order valence-corrected chi connectivity index (χ2v) is 4.07. The Hall–Kier alpha value is -2.46. The predicted molar refractivity (Wildman–Crippen MR) is 72.0 cm³/mol. The van der Waals surface area contributed by atoms with Gasteiger partial charge in [-0.25, -0.2) is 0 Å². The van der Waals surface area contributed by atoms with Gasteiger partial charge in [-0.05, 0) is 18.2 Å². The fourth-order valence-corrected chi connectivity index (χ4v) is 1.89. The molecule has 0 spiro atoms. The van der Waals surface area contributed by atoms with Gasteiger partial charge < -0.3 is 9.84 Å². The van der Waals surface area contributed by atoms with Gasteiger partial charge in [0.15, 0.2) is 5.75 Å². The molecule has 0 atom stereocenters. The minimum atomic E-state index is -0.106. The molecule has 0 amide bonds. The van der Waals surface area contributed by atoms with Crippen molar-refractivity contribution in [1.29, 1.82) is 0 Å². The summed E-state index contributed by atoms with van der Waals surface area (Å²) in [5, 5.41) is 10.1. The summed E-state index contributed by atoms with van der Waals surface area (Å²) in [6.45, 7) is -0.106. The summed E-state index contributed by atoms with van der Waals surface area (Å²) >= 11 is 0. The van der Waals surface area contributed by atoms with Gasteiger partial charge in [0.05, 0.1) is 12.3 Å². The molecule has 0 saturated heterocycles. The van der Waals surface area contributed by atoms with Crippen molar-refractivity contribution < 1.29 is 9.84 Å². The Bertz CT molecular complexity index is 708. The molecular weight excluding hydrogens is 240 g/mol. The van der Waals surface area contributed by atoms with Gasteiger partial charge in [-0.3, -0.25) is 9.97 Å². The molecule has 2 aromatic heterocycles. The molecule has 1 N–H and O–H groups in total. The van der Waals surface area contributed by atoms with Crippen LogP contribution in [0.5, 0.6) is 11.5 Å². The number of ether oxygens (including phenoxy) is 1. The first-order valence-electron chi connectivity index (χ1n) is 5.94. The number of aliphatic hydroxyl groups is 1. The Morgan fingerprint density at radius 3 is 2.79 bits per heavy atom. The summed E-state index contributed by atoms with van der Waals surface area (Å²) in [5.41, 5.74) is 1.39. The van der Waals surface area contributed by atoms with E-state index in [0.29, 0.717) is 17.2 Å². The first-order valence-corrected chi connectivity index (χ1v) is 5.94. The van der Waals surface area contributed by atoms with Crippen molar-refractivity contribution in [2.24, 2.45) is 0 Å². The molecule has 0 bridgehead atoms. The zero-order valence-electron chi connectivity index (χ0n) is 10.2. The molecule has 0 aliphatic rings. The summed E-state index contributed by atoms with van der Waals surface area (Å²) in [5.74, 6) is 1.32. The molecule has 0 aliphatic heterocycles. The quantitative estimate of drug-likeness (QED) is 0.778. The van der Waals surface area contributed by atoms with Crippen molar-refractivity contribution in [3.05, 3.63) is 60.6 Å². The lowest BCUT2D eigenvalue weighted by Crippen LogP contribution is -1.92. The zero-order chi connectivity index (χ0) is 13.1. The number of para-hydroxylation sites is 1. The van der Waals surface area contributed by atoms with Crippen LogP contribution in [-0.4, -0.2) is 15.1 Å². The lowest BCUT2D eigenvalue weighted by Gasteiger charge is -2.08. The molecule has 0 aliphatic carbocycles. The van der Waals surface area contributed by atoms with Gasteiger partial charge >= 0.3 is 0 Å². The van der Waals surface area contributed by atoms with Crippen LogP contribution in [0.4, 0.5) is 0 Å². The molecular formula is C15H12N2O2. The maximum absolute atomic E-state index is 9.07. The minimum absolute atomic E-state index is 0.106. The molecule has 94 valence electrons. The highest BCUT2D eigenvalue weighted by atomic mass is 16.5. The first-order chi connectivity index (χ1) is 9.36. The van der Waals surface area contributed by atoms with Crippen LogP contribution in [0.25, 0.3) is 10.9 Å². The van der Waals surface area contributed by atoms with Crippen molar-refractivity contribution in [2.45, 2.75) is 6.61 Å². The van der Waals surface area contributed by atoms with E-state index in [0.717, 1.165) is 10.9 Å². The van der Waals surface area contributed by atoms with Crippen molar-refractivity contribution >= 4 is 10.9 Å². The number of pyridine rings is 2. The topological polar surface area (TPSA) is 55.2 Å². The predicted octanol–water partition coefficient (Wildman–Crippen LogP) is 2.91. The Kier molecular flexibility index (Phi) is 3.08. The van der Waals surface area contributed by atoms with E-state index in [1.165, 1.54) is 0 Å². The average Bonchev–Trinajstić information content (AvgIpc) is 2.48. The number of aliphatic hydroxyl groups excluding tert-OH is 1. The third kappa shape index (κ3) is 2.39. The summed E-state index contributed by atoms with van der Waals surface area (Å²) in [4.78, 5) is 8.35. The lowest BCUT2D eigenvalue weighted by molar-refractivity contribution is 0.276. The van der Waals surface area contributed by atoms with Gasteiger partial charge in [0.2, 0.25) is 0 Å². The van der Waals surface area contributed by atoms with Gasteiger partial charge in [-0.1, -0.05) is 18.2 Å². The van der Waals surface area contributed by atoms with E-state index < -0.39 is 0 Å². The standard InChI is InChI=1S/C15H12N2O2/c18-10-12-9-13(6-8-16-12)19-14-5-1-3-11-4-2-7-17-15(11)14/h1-9,18H,10H2. The molecule has 0 saturated carbocycles. The summed E-state index contributed by atoms with van der Waals surface area (Å²) < 4.78 is 5.82. The molecule has 19 heavy (non-hydrogen) atoms. The maximum atomic E-state index is 9.07. The van der Waals surface area contributed by atoms with Crippen molar-refractivity contribution in [3.8, 4) is 11.5 Å². The molecule has 3 rings (SSSR count). The molecule has 0 radical (unpaired) electrons. The molecule has 1 aromatic carbocycles. The summed E-state index contributed by atoms with van der Waals surface area (Å²) in [6, 6.07) is 13.1. The first kappa shape index (κ1) is 11.6. The Morgan fingerprint density at radius 1 is 1.00 bits per heavy atom. The van der Waals surface area contributed by atoms with Crippen molar-refractivity contribution in [3.63, 3.8) is 0 Å². The zero-order valence-corrected chi connectivity index (χ0v) is 10.2. The van der Waals surface area contributed by atoms with Gasteiger partial charge in [0, 0.05) is 23.8 Å². The molecule has 4 nitrogen and oxygen atoms in total. The largest absolute Gasteiger partial charge is 0.455 e. The van der Waals surface area contributed by atoms with Crippen LogP contribution in [0.1, 0.15) is 5.69 Å². The smallest absolute Gasteiger partial charge is 0.153 e. The van der Waals surface area contributed by atoms with E-state index in [2.05, 4.69) is 9.97 Å². The molecule has 4 heteroatoms. The van der Waals surface area contributed by atoms with Crippen molar-refractivity contribution in [1.82, 2.24) is 9.97 Å². The molecule has 2 heterocycles. The van der Waals surface area contributed by atoms with Crippen LogP contribution < -0.4 is 4.74 Å². The third-order valence-corrected chi connectivity index (χ3v) is 2.77. The monoisotopic (exact) mass is 252 g/mol. The van der Waals surface area contributed by atoms with E-state index in [4.69, 9.17) is 9.84 Å². The van der Waals surface area contributed by atoms with Crippen LogP contribution in [0.15, 0.2) is 54.9 Å². The number of fused-ring (bicyclic) bond motifs is 1. The number of hydrogen-bond donors (Lipinski definition) is 1. The Labute approximate surface area is 110 Å². The number of rotatable bonds is 3. The fourth-order valence-electron chi connectivity index (χ4n) is 1.89. The summed E-state index contributed by atoms with van der Waals surface area (Å²) in [6.07, 6.45) is 3.35. The number of aromatic nitrogens is 2. The maximum Gasteiger partial charge on any atom is 0.153 e. The average molecular weight is 252 g/mol. The highest BCUT2D eigenvalue weighted by Crippen LogP contribution is 2.28. The van der Waals surface area contributed by atoms with Crippen molar-refractivity contribution in [2.75, 3.05) is 0 Å². The molecule has 0 fully saturated rings. The summed E-state index contributed by atoms with van der Waals surface area (Å²) in [7, 11) is 0. The van der Waals surface area contributed by atoms with E-state index in [-0.39, 0.29) is 6.61 Å². The van der Waals surface area contributed by atoms with Crippen LogP contribution in [0, 0.1) is 0 Å². The highest BCUT2D eigenvalue weighted by Gasteiger charge is 2.04. The third-order valence-electron chi connectivity index (χ3n) is 2.77. The SMILES string of the molecule is OCc1cc(Oc2cccc3cccnc23)ccn1. The second-order valence-electron chi connectivity index (χ2n) is 4.07. The number of nitrogens with zero attached hydrogens (tertiary/aromatic N) is 2. The minimum Gasteiger partial charge on any atom is -0.455 e. The number of benzene rings is 1. The van der Waals surface area contributed by atoms with E-state index in [1.54, 1.807) is 24.5 Å². The van der Waals surface area contributed by atoms with E-state index in [1.807, 2.05) is 30.3 Å². The van der Waals surface area contributed by atoms with Gasteiger partial charge in [0.1, 0.15) is 11.3 Å². The van der Waals surface area contributed by atoms with Gasteiger partial charge in [0.25, 0.3) is 0 Å². The second kappa shape index (κ2) is 5.04. The van der Waals surface area contributed by atoms with Crippen LogP contribution in [0.2, 0.25) is 0 Å². The van der Waals surface area contributed by atoms with Crippen LogP contribution >= 0.6 is 0 Å². The number of hydrogen-bond acceptors (Lipinski definition) is 4. The van der Waals surface area contributed by atoms with Gasteiger partial charge in [-0.2, -0.15) is 0 Å². The van der Waals surface area contributed by atoms with E-state index in [9.17, 15) is 0 Å². The fraction of sp³-hybridized carbons (Fsp3) is 0.0667. The normalized spacial score (nSPS) is 10.6. The molecule has 3 aromatic rings.